The molecular weight excluding hydrogens is 226 g/mol. The predicted molar refractivity (Wildman–Crippen MR) is 66.5 cm³/mol. The van der Waals surface area contributed by atoms with Crippen LogP contribution in [0.25, 0.3) is 0 Å². The van der Waals surface area contributed by atoms with Gasteiger partial charge in [-0.1, -0.05) is 44.2 Å². The fourth-order valence-electron chi connectivity index (χ4n) is 3.98. The summed E-state index contributed by atoms with van der Waals surface area (Å²) in [6.07, 6.45) is -0.160. The van der Waals surface area contributed by atoms with Crippen LogP contribution in [0, 0.1) is 17.3 Å². The average molecular weight is 243 g/mol. The second-order valence-electron chi connectivity index (χ2n) is 6.23. The molecule has 3 nitrogen and oxygen atoms in total. The summed E-state index contributed by atoms with van der Waals surface area (Å²) in [4.78, 5) is 14.5. The molecule has 1 amide bonds. The summed E-state index contributed by atoms with van der Waals surface area (Å²) < 4.78 is 5.87. The van der Waals surface area contributed by atoms with E-state index in [4.69, 9.17) is 4.74 Å². The van der Waals surface area contributed by atoms with Crippen LogP contribution in [0.5, 0.6) is 0 Å². The number of rotatable bonds is 1. The molecule has 2 heterocycles. The molecule has 94 valence electrons. The topological polar surface area (TPSA) is 29.5 Å². The molecule has 0 aromatic heterocycles. The van der Waals surface area contributed by atoms with Gasteiger partial charge < -0.3 is 9.64 Å². The third-order valence-electron chi connectivity index (χ3n) is 4.97. The number of benzene rings is 1. The van der Waals surface area contributed by atoms with Gasteiger partial charge in [0, 0.05) is 11.5 Å². The number of nitrogens with zero attached hydrogens (tertiary/aromatic N) is 1. The molecule has 3 fully saturated rings. The fraction of sp³-hybridized carbons (Fsp3) is 0.533. The van der Waals surface area contributed by atoms with Gasteiger partial charge in [-0.3, -0.25) is 4.79 Å². The molecule has 2 aliphatic heterocycles. The van der Waals surface area contributed by atoms with Crippen molar-refractivity contribution in [2.24, 2.45) is 17.3 Å². The van der Waals surface area contributed by atoms with Crippen molar-refractivity contribution in [3.05, 3.63) is 35.9 Å². The third-order valence-corrected chi connectivity index (χ3v) is 4.97. The Bertz CT molecular complexity index is 510. The second kappa shape index (κ2) is 3.15. The van der Waals surface area contributed by atoms with E-state index < -0.39 is 0 Å². The highest BCUT2D eigenvalue weighted by atomic mass is 16.5. The number of carbonyl (C=O) groups is 1. The minimum absolute atomic E-state index is 0.160. The molecule has 4 rings (SSSR count). The van der Waals surface area contributed by atoms with Crippen molar-refractivity contribution >= 4 is 5.91 Å². The van der Waals surface area contributed by atoms with Crippen LogP contribution in [0.1, 0.15) is 25.6 Å². The Morgan fingerprint density at radius 1 is 1.28 bits per heavy atom. The molecule has 4 atom stereocenters. The molecule has 0 radical (unpaired) electrons. The van der Waals surface area contributed by atoms with E-state index in [-0.39, 0.29) is 17.6 Å². The van der Waals surface area contributed by atoms with E-state index in [1.54, 1.807) is 0 Å². The lowest BCUT2D eigenvalue weighted by Gasteiger charge is -2.27. The molecule has 1 aromatic rings. The van der Waals surface area contributed by atoms with E-state index in [1.807, 2.05) is 35.2 Å². The first kappa shape index (κ1) is 10.6. The molecule has 18 heavy (non-hydrogen) atoms. The molecule has 2 unspecified atom stereocenters. The minimum atomic E-state index is -0.160. The maximum absolute atomic E-state index is 12.5. The zero-order valence-electron chi connectivity index (χ0n) is 10.7. The van der Waals surface area contributed by atoms with E-state index in [0.29, 0.717) is 24.5 Å². The van der Waals surface area contributed by atoms with Crippen LogP contribution in [0.15, 0.2) is 30.3 Å². The fourth-order valence-corrected chi connectivity index (χ4v) is 3.98. The third kappa shape index (κ3) is 1.11. The van der Waals surface area contributed by atoms with Gasteiger partial charge in [-0.2, -0.15) is 0 Å². The van der Waals surface area contributed by atoms with Gasteiger partial charge in [-0.25, -0.2) is 0 Å². The SMILES string of the molecule is CC1(C)C2C(=O)N3C(c4ccccc4)OC[C@@H]3[C@H]21. The molecule has 3 aliphatic rings. The van der Waals surface area contributed by atoms with Crippen LogP contribution in [-0.2, 0) is 9.53 Å². The van der Waals surface area contributed by atoms with Gasteiger partial charge in [0.25, 0.3) is 0 Å². The molecule has 2 saturated heterocycles. The van der Waals surface area contributed by atoms with Crippen molar-refractivity contribution in [3.63, 3.8) is 0 Å². The van der Waals surface area contributed by atoms with E-state index >= 15 is 0 Å². The molecular formula is C15H17NO2. The van der Waals surface area contributed by atoms with Gasteiger partial charge in [0.15, 0.2) is 6.23 Å². The summed E-state index contributed by atoms with van der Waals surface area (Å²) in [7, 11) is 0. The largest absolute Gasteiger partial charge is 0.352 e. The molecule has 0 N–H and O–H groups in total. The Balaban J connectivity index is 1.67. The Labute approximate surface area is 107 Å². The highest BCUT2D eigenvalue weighted by molar-refractivity contribution is 5.87. The van der Waals surface area contributed by atoms with Crippen LogP contribution >= 0.6 is 0 Å². The lowest BCUT2D eigenvalue weighted by Crippen LogP contribution is -2.37. The maximum atomic E-state index is 12.5. The summed E-state index contributed by atoms with van der Waals surface area (Å²) in [6.45, 7) is 5.09. The number of ether oxygens (including phenoxy) is 1. The lowest BCUT2D eigenvalue weighted by atomic mass is 10.0. The van der Waals surface area contributed by atoms with Crippen molar-refractivity contribution in [3.8, 4) is 0 Å². The van der Waals surface area contributed by atoms with Gasteiger partial charge in [-0.05, 0) is 11.3 Å². The Morgan fingerprint density at radius 3 is 2.72 bits per heavy atom. The Morgan fingerprint density at radius 2 is 2.00 bits per heavy atom. The van der Waals surface area contributed by atoms with Crippen molar-refractivity contribution in [1.82, 2.24) is 4.90 Å². The van der Waals surface area contributed by atoms with E-state index in [2.05, 4.69) is 13.8 Å². The highest BCUT2D eigenvalue weighted by Gasteiger charge is 2.73. The van der Waals surface area contributed by atoms with Gasteiger partial charge in [-0.15, -0.1) is 0 Å². The molecule has 1 aromatic carbocycles. The Kier molecular flexibility index (Phi) is 1.85. The van der Waals surface area contributed by atoms with Crippen LogP contribution in [-0.4, -0.2) is 23.5 Å². The number of carbonyl (C=O) groups excluding carboxylic acids is 1. The number of hydrogen-bond acceptors (Lipinski definition) is 2. The molecule has 0 spiro atoms. The normalized spacial score (nSPS) is 39.7. The second-order valence-corrected chi connectivity index (χ2v) is 6.23. The van der Waals surface area contributed by atoms with E-state index in [9.17, 15) is 4.79 Å². The number of piperidine rings is 1. The number of hydrogen-bond donors (Lipinski definition) is 0. The zero-order chi connectivity index (χ0) is 12.5. The Hall–Kier alpha value is -1.35. The van der Waals surface area contributed by atoms with Crippen molar-refractivity contribution < 1.29 is 9.53 Å². The highest BCUT2D eigenvalue weighted by Crippen LogP contribution is 2.67. The molecule has 3 heteroatoms. The first-order valence-electron chi connectivity index (χ1n) is 6.61. The number of fused-ring (bicyclic) bond motifs is 3. The van der Waals surface area contributed by atoms with Crippen molar-refractivity contribution in [2.75, 3.05) is 6.61 Å². The minimum Gasteiger partial charge on any atom is -0.352 e. The van der Waals surface area contributed by atoms with Crippen molar-refractivity contribution in [2.45, 2.75) is 26.1 Å². The van der Waals surface area contributed by atoms with E-state index in [1.165, 1.54) is 0 Å². The van der Waals surface area contributed by atoms with Gasteiger partial charge in [0.1, 0.15) is 0 Å². The van der Waals surface area contributed by atoms with Crippen LogP contribution in [0.4, 0.5) is 0 Å². The summed E-state index contributed by atoms with van der Waals surface area (Å²) in [6, 6.07) is 10.4. The molecule has 0 bridgehead atoms. The van der Waals surface area contributed by atoms with Gasteiger partial charge in [0.2, 0.25) is 5.91 Å². The average Bonchev–Trinajstić information content (AvgIpc) is 2.70. The van der Waals surface area contributed by atoms with E-state index in [0.717, 1.165) is 5.56 Å². The first-order valence-corrected chi connectivity index (χ1v) is 6.61. The molecule has 1 aliphatic carbocycles. The summed E-state index contributed by atoms with van der Waals surface area (Å²) in [5, 5.41) is 0. The van der Waals surface area contributed by atoms with Crippen LogP contribution < -0.4 is 0 Å². The van der Waals surface area contributed by atoms with Crippen LogP contribution in [0.2, 0.25) is 0 Å². The zero-order valence-corrected chi connectivity index (χ0v) is 10.7. The summed E-state index contributed by atoms with van der Waals surface area (Å²) in [5.74, 6) is 1.03. The van der Waals surface area contributed by atoms with Crippen LogP contribution in [0.3, 0.4) is 0 Å². The standard InChI is InChI=1S/C15H17NO2/c1-15(2)11-10-8-18-14(9-6-4-3-5-7-9)16(10)13(17)12(11)15/h3-7,10-12,14H,8H2,1-2H3/t10-,11-,12?,14?/m1/s1. The van der Waals surface area contributed by atoms with Gasteiger partial charge in [0.05, 0.1) is 12.6 Å². The smallest absolute Gasteiger partial charge is 0.229 e. The van der Waals surface area contributed by atoms with Gasteiger partial charge >= 0.3 is 0 Å². The summed E-state index contributed by atoms with van der Waals surface area (Å²) >= 11 is 0. The predicted octanol–water partition coefficient (Wildman–Crippen LogP) is 2.20. The monoisotopic (exact) mass is 243 g/mol. The lowest BCUT2D eigenvalue weighted by molar-refractivity contribution is -0.137. The molecule has 1 saturated carbocycles. The first-order chi connectivity index (χ1) is 8.62. The quantitative estimate of drug-likeness (QED) is 0.756. The maximum Gasteiger partial charge on any atom is 0.229 e. The summed E-state index contributed by atoms with van der Waals surface area (Å²) in [5.41, 5.74) is 1.28. The van der Waals surface area contributed by atoms with Crippen molar-refractivity contribution in [1.29, 1.82) is 0 Å². The number of amides is 1.